The van der Waals surface area contributed by atoms with Crippen molar-refractivity contribution in [2.45, 2.75) is 25.7 Å². The van der Waals surface area contributed by atoms with E-state index in [0.29, 0.717) is 28.5 Å². The van der Waals surface area contributed by atoms with E-state index in [2.05, 4.69) is 31.7 Å². The molecule has 21 heavy (non-hydrogen) atoms. The summed E-state index contributed by atoms with van der Waals surface area (Å²) in [5.41, 5.74) is 8.42. The van der Waals surface area contributed by atoms with E-state index < -0.39 is 5.83 Å². The average Bonchev–Trinajstić information content (AvgIpc) is 3.23. The standard InChI is InChI=1S/C14H15FN6/c1-7(16)10(15)5-17-8(2)12-13-14(21-20-12)18-6-11(19-13)9-3-4-9/h5-6,9H,1,3-4,16H2,2H3,(H,18,20,21)/b10-5+,17-8?. The van der Waals surface area contributed by atoms with Gasteiger partial charge in [0.25, 0.3) is 0 Å². The fourth-order valence-electron chi connectivity index (χ4n) is 1.94. The van der Waals surface area contributed by atoms with Crippen LogP contribution in [0, 0.1) is 0 Å². The van der Waals surface area contributed by atoms with Crippen molar-refractivity contribution in [3.63, 3.8) is 0 Å². The number of nitrogens with one attached hydrogen (secondary N) is 1. The van der Waals surface area contributed by atoms with Gasteiger partial charge >= 0.3 is 0 Å². The number of fused-ring (bicyclic) bond motifs is 1. The summed E-state index contributed by atoms with van der Waals surface area (Å²) < 4.78 is 13.3. The number of nitrogens with zero attached hydrogens (tertiary/aromatic N) is 4. The normalized spacial score (nSPS) is 16.5. The number of aromatic amines is 1. The molecule has 1 fully saturated rings. The Labute approximate surface area is 120 Å². The number of H-pyrrole nitrogens is 1. The summed E-state index contributed by atoms with van der Waals surface area (Å²) in [5, 5.41) is 6.93. The predicted octanol–water partition coefficient (Wildman–Crippen LogP) is 2.32. The molecule has 0 spiro atoms. The van der Waals surface area contributed by atoms with Gasteiger partial charge in [-0.15, -0.1) is 0 Å². The summed E-state index contributed by atoms with van der Waals surface area (Å²) in [6.07, 6.45) is 5.08. The molecular formula is C14H15FN6. The molecule has 3 N–H and O–H groups in total. The second-order valence-corrected chi connectivity index (χ2v) is 5.06. The highest BCUT2D eigenvalue weighted by Crippen LogP contribution is 2.39. The van der Waals surface area contributed by atoms with Gasteiger partial charge < -0.3 is 5.73 Å². The van der Waals surface area contributed by atoms with Crippen LogP contribution in [0.2, 0.25) is 0 Å². The fraction of sp³-hybridized carbons (Fsp3) is 0.286. The second-order valence-electron chi connectivity index (χ2n) is 5.06. The maximum absolute atomic E-state index is 13.3. The molecule has 1 aliphatic rings. The number of allylic oxidation sites excluding steroid dienone is 1. The van der Waals surface area contributed by atoms with Gasteiger partial charge in [-0.25, -0.2) is 14.4 Å². The van der Waals surface area contributed by atoms with Crippen LogP contribution in [0.4, 0.5) is 4.39 Å². The number of rotatable bonds is 4. The number of aromatic nitrogens is 4. The van der Waals surface area contributed by atoms with Gasteiger partial charge in [0.15, 0.2) is 11.5 Å². The largest absolute Gasteiger partial charge is 0.397 e. The molecule has 108 valence electrons. The summed E-state index contributed by atoms with van der Waals surface area (Å²) in [5.74, 6) is -0.164. The Kier molecular flexibility index (Phi) is 3.25. The van der Waals surface area contributed by atoms with E-state index in [-0.39, 0.29) is 5.70 Å². The summed E-state index contributed by atoms with van der Waals surface area (Å²) in [7, 11) is 0. The highest BCUT2D eigenvalue weighted by atomic mass is 19.1. The van der Waals surface area contributed by atoms with Crippen LogP contribution in [-0.4, -0.2) is 25.9 Å². The lowest BCUT2D eigenvalue weighted by Gasteiger charge is -1.99. The van der Waals surface area contributed by atoms with Gasteiger partial charge in [0, 0.05) is 5.92 Å². The molecule has 6 nitrogen and oxygen atoms in total. The van der Waals surface area contributed by atoms with E-state index in [4.69, 9.17) is 5.73 Å². The zero-order valence-electron chi connectivity index (χ0n) is 11.6. The van der Waals surface area contributed by atoms with Gasteiger partial charge in [-0.1, -0.05) is 6.58 Å². The minimum atomic E-state index is -0.664. The Hall–Kier alpha value is -2.57. The van der Waals surface area contributed by atoms with Crippen LogP contribution in [-0.2, 0) is 0 Å². The average molecular weight is 286 g/mol. The summed E-state index contributed by atoms with van der Waals surface area (Å²) in [4.78, 5) is 12.9. The topological polar surface area (TPSA) is 92.8 Å². The number of nitrogens with two attached hydrogens (primary N) is 1. The molecule has 0 bridgehead atoms. The van der Waals surface area contributed by atoms with Gasteiger partial charge in [0.05, 0.1) is 29.5 Å². The van der Waals surface area contributed by atoms with Crippen molar-refractivity contribution < 1.29 is 4.39 Å². The zero-order chi connectivity index (χ0) is 15.0. The van der Waals surface area contributed by atoms with Crippen molar-refractivity contribution in [3.8, 4) is 0 Å². The summed E-state index contributed by atoms with van der Waals surface area (Å²) in [6.45, 7) is 5.04. The Morgan fingerprint density at radius 3 is 3.00 bits per heavy atom. The van der Waals surface area contributed by atoms with Crippen LogP contribution in [0.15, 0.2) is 35.5 Å². The lowest BCUT2D eigenvalue weighted by atomic mass is 10.2. The number of aliphatic imine (C=N–C) groups is 1. The lowest BCUT2D eigenvalue weighted by molar-refractivity contribution is 0.646. The molecule has 0 radical (unpaired) electrons. The molecule has 2 aromatic rings. The van der Waals surface area contributed by atoms with Crippen molar-refractivity contribution in [2.75, 3.05) is 0 Å². The molecule has 0 amide bonds. The Bertz CT molecular complexity index is 769. The quantitative estimate of drug-likeness (QED) is 0.666. The highest BCUT2D eigenvalue weighted by Gasteiger charge is 2.26. The van der Waals surface area contributed by atoms with Gasteiger partial charge in [-0.2, -0.15) is 5.10 Å². The number of halogens is 1. The summed E-state index contributed by atoms with van der Waals surface area (Å²) >= 11 is 0. The van der Waals surface area contributed by atoms with E-state index in [9.17, 15) is 4.39 Å². The van der Waals surface area contributed by atoms with Gasteiger partial charge in [-0.05, 0) is 19.8 Å². The van der Waals surface area contributed by atoms with Crippen LogP contribution >= 0.6 is 0 Å². The molecule has 0 aliphatic heterocycles. The molecule has 0 unspecified atom stereocenters. The molecule has 2 heterocycles. The van der Waals surface area contributed by atoms with Crippen LogP contribution < -0.4 is 5.73 Å². The smallest absolute Gasteiger partial charge is 0.200 e. The minimum absolute atomic E-state index is 0.156. The first-order valence-electron chi connectivity index (χ1n) is 6.62. The van der Waals surface area contributed by atoms with Crippen molar-refractivity contribution in [2.24, 2.45) is 10.7 Å². The van der Waals surface area contributed by atoms with E-state index in [1.165, 1.54) is 0 Å². The third kappa shape index (κ3) is 2.67. The Morgan fingerprint density at radius 1 is 1.57 bits per heavy atom. The first-order chi connectivity index (χ1) is 10.1. The molecule has 1 aliphatic carbocycles. The molecule has 3 rings (SSSR count). The third-order valence-electron chi connectivity index (χ3n) is 3.32. The van der Waals surface area contributed by atoms with Crippen LogP contribution in [0.25, 0.3) is 11.2 Å². The van der Waals surface area contributed by atoms with Crippen LogP contribution in [0.3, 0.4) is 0 Å². The first kappa shape index (κ1) is 13.4. The zero-order valence-corrected chi connectivity index (χ0v) is 11.6. The maximum Gasteiger partial charge on any atom is 0.200 e. The Morgan fingerprint density at radius 2 is 2.33 bits per heavy atom. The monoisotopic (exact) mass is 286 g/mol. The van der Waals surface area contributed by atoms with Crippen LogP contribution in [0.1, 0.15) is 37.1 Å². The molecular weight excluding hydrogens is 271 g/mol. The Balaban J connectivity index is 1.99. The molecule has 0 aromatic carbocycles. The maximum atomic E-state index is 13.3. The van der Waals surface area contributed by atoms with E-state index in [1.807, 2.05) is 0 Å². The predicted molar refractivity (Wildman–Crippen MR) is 78.4 cm³/mol. The number of hydrogen-bond donors (Lipinski definition) is 2. The molecule has 0 saturated heterocycles. The van der Waals surface area contributed by atoms with E-state index >= 15 is 0 Å². The molecule has 2 aromatic heterocycles. The van der Waals surface area contributed by atoms with Gasteiger partial charge in [0.2, 0.25) is 0 Å². The van der Waals surface area contributed by atoms with Crippen molar-refractivity contribution in [1.82, 2.24) is 20.2 Å². The minimum Gasteiger partial charge on any atom is -0.397 e. The van der Waals surface area contributed by atoms with Gasteiger partial charge in [-0.3, -0.25) is 10.1 Å². The molecule has 0 atom stereocenters. The summed E-state index contributed by atoms with van der Waals surface area (Å²) in [6, 6.07) is 0. The molecule has 1 saturated carbocycles. The first-order valence-corrected chi connectivity index (χ1v) is 6.62. The van der Waals surface area contributed by atoms with Gasteiger partial charge in [0.1, 0.15) is 11.2 Å². The fourth-order valence-corrected chi connectivity index (χ4v) is 1.94. The van der Waals surface area contributed by atoms with E-state index in [0.717, 1.165) is 24.7 Å². The van der Waals surface area contributed by atoms with Crippen molar-refractivity contribution in [1.29, 1.82) is 0 Å². The molecule has 7 heteroatoms. The lowest BCUT2D eigenvalue weighted by Crippen LogP contribution is -1.99. The second kappa shape index (κ2) is 5.08. The highest BCUT2D eigenvalue weighted by molar-refractivity contribution is 6.05. The van der Waals surface area contributed by atoms with Crippen molar-refractivity contribution >= 4 is 16.9 Å². The van der Waals surface area contributed by atoms with Crippen molar-refractivity contribution in [3.05, 3.63) is 41.9 Å². The SMILES string of the molecule is C=C(N)/C(F)=C\N=C(C)c1[nH]nc2ncc(C3CC3)nc12. The third-order valence-corrected chi connectivity index (χ3v) is 3.32. The van der Waals surface area contributed by atoms with Crippen LogP contribution in [0.5, 0.6) is 0 Å². The van der Waals surface area contributed by atoms with E-state index in [1.54, 1.807) is 13.1 Å². The number of hydrogen-bond acceptors (Lipinski definition) is 5.